The van der Waals surface area contributed by atoms with Crippen molar-refractivity contribution >= 4 is 39.2 Å². The van der Waals surface area contributed by atoms with Crippen LogP contribution in [0.4, 0.5) is 5.00 Å². The summed E-state index contributed by atoms with van der Waals surface area (Å²) in [4.78, 5) is 24.5. The Bertz CT molecular complexity index is 900. The molecule has 2 aromatic heterocycles. The van der Waals surface area contributed by atoms with Crippen molar-refractivity contribution in [3.63, 3.8) is 0 Å². The van der Waals surface area contributed by atoms with Crippen LogP contribution in [0.2, 0.25) is 0 Å². The van der Waals surface area contributed by atoms with Crippen molar-refractivity contribution in [2.75, 3.05) is 11.9 Å². The zero-order valence-corrected chi connectivity index (χ0v) is 14.1. The van der Waals surface area contributed by atoms with Gasteiger partial charge in [-0.1, -0.05) is 17.3 Å². The lowest BCUT2D eigenvalue weighted by Gasteiger charge is -2.03. The van der Waals surface area contributed by atoms with Crippen molar-refractivity contribution in [3.05, 3.63) is 40.8 Å². The van der Waals surface area contributed by atoms with Crippen LogP contribution in [-0.2, 0) is 16.1 Å². The van der Waals surface area contributed by atoms with Crippen LogP contribution >= 0.6 is 11.3 Å². The molecular formula is C16H16N4O3S. The Morgan fingerprint density at radius 3 is 2.92 bits per heavy atom. The molecule has 0 spiro atoms. The second kappa shape index (κ2) is 6.79. The number of carbonyl (C=O) groups excluding carboxylic acids is 2. The van der Waals surface area contributed by atoms with Gasteiger partial charge in [0, 0.05) is 0 Å². The molecule has 7 nitrogen and oxygen atoms in total. The minimum Gasteiger partial charge on any atom is -0.462 e. The first kappa shape index (κ1) is 16.1. The number of nitrogens with zero attached hydrogens (tertiary/aromatic N) is 3. The van der Waals surface area contributed by atoms with Crippen LogP contribution in [0.25, 0.3) is 11.0 Å². The summed E-state index contributed by atoms with van der Waals surface area (Å²) in [6.07, 6.45) is 0. The third-order valence-electron chi connectivity index (χ3n) is 3.35. The van der Waals surface area contributed by atoms with Gasteiger partial charge in [0.25, 0.3) is 0 Å². The maximum Gasteiger partial charge on any atom is 0.348 e. The van der Waals surface area contributed by atoms with Gasteiger partial charge in [-0.15, -0.1) is 16.4 Å². The summed E-state index contributed by atoms with van der Waals surface area (Å²) in [7, 11) is 0. The van der Waals surface area contributed by atoms with Gasteiger partial charge >= 0.3 is 5.97 Å². The number of rotatable bonds is 5. The number of amides is 1. The number of esters is 1. The molecule has 24 heavy (non-hydrogen) atoms. The quantitative estimate of drug-likeness (QED) is 0.719. The van der Waals surface area contributed by atoms with E-state index in [0.29, 0.717) is 16.5 Å². The molecule has 0 fully saturated rings. The Hall–Kier alpha value is -2.74. The summed E-state index contributed by atoms with van der Waals surface area (Å²) in [5.41, 5.74) is 2.31. The highest BCUT2D eigenvalue weighted by Crippen LogP contribution is 2.27. The molecule has 0 saturated carbocycles. The van der Waals surface area contributed by atoms with E-state index in [1.165, 1.54) is 16.0 Å². The topological polar surface area (TPSA) is 86.1 Å². The summed E-state index contributed by atoms with van der Waals surface area (Å²) in [6, 6.07) is 9.19. The summed E-state index contributed by atoms with van der Waals surface area (Å²) in [5, 5.41) is 11.4. The number of aromatic nitrogens is 3. The van der Waals surface area contributed by atoms with E-state index >= 15 is 0 Å². The zero-order chi connectivity index (χ0) is 17.1. The summed E-state index contributed by atoms with van der Waals surface area (Å²) >= 11 is 1.20. The van der Waals surface area contributed by atoms with Gasteiger partial charge in [0.15, 0.2) is 0 Å². The van der Waals surface area contributed by atoms with Crippen molar-refractivity contribution in [2.45, 2.75) is 20.4 Å². The second-order valence-corrected chi connectivity index (χ2v) is 6.18. The second-order valence-electron chi connectivity index (χ2n) is 5.13. The SMILES string of the molecule is CCOC(=O)c1sc(NC(=O)Cn2nnc3ccccc32)cc1C. The largest absolute Gasteiger partial charge is 0.462 e. The lowest BCUT2D eigenvalue weighted by molar-refractivity contribution is -0.116. The van der Waals surface area contributed by atoms with Crippen molar-refractivity contribution in [2.24, 2.45) is 0 Å². The number of anilines is 1. The number of nitrogens with one attached hydrogen (secondary N) is 1. The molecule has 0 radical (unpaired) electrons. The number of thiophene rings is 1. The molecule has 8 heteroatoms. The van der Waals surface area contributed by atoms with Crippen molar-refractivity contribution in [1.82, 2.24) is 15.0 Å². The number of carbonyl (C=O) groups is 2. The van der Waals surface area contributed by atoms with Gasteiger partial charge < -0.3 is 10.1 Å². The summed E-state index contributed by atoms with van der Waals surface area (Å²) in [5.74, 6) is -0.606. The Morgan fingerprint density at radius 1 is 1.33 bits per heavy atom. The molecule has 3 rings (SSSR count). The first-order valence-electron chi connectivity index (χ1n) is 7.44. The fourth-order valence-corrected chi connectivity index (χ4v) is 3.27. The number of aryl methyl sites for hydroxylation is 1. The third-order valence-corrected chi connectivity index (χ3v) is 4.49. The predicted molar refractivity (Wildman–Crippen MR) is 91.2 cm³/mol. The van der Waals surface area contributed by atoms with Crippen LogP contribution in [0.3, 0.4) is 0 Å². The summed E-state index contributed by atoms with van der Waals surface area (Å²) in [6.45, 7) is 3.93. The van der Waals surface area contributed by atoms with Crippen LogP contribution < -0.4 is 5.32 Å². The molecule has 1 aromatic carbocycles. The smallest absolute Gasteiger partial charge is 0.348 e. The van der Waals surface area contributed by atoms with Crippen molar-refractivity contribution in [1.29, 1.82) is 0 Å². The molecule has 1 amide bonds. The van der Waals surface area contributed by atoms with Crippen LogP contribution in [0, 0.1) is 6.92 Å². The van der Waals surface area contributed by atoms with Gasteiger partial charge in [-0.25, -0.2) is 9.48 Å². The molecule has 0 bridgehead atoms. The fourth-order valence-electron chi connectivity index (χ4n) is 2.29. The van der Waals surface area contributed by atoms with Gasteiger partial charge in [-0.05, 0) is 37.6 Å². The van der Waals surface area contributed by atoms with Gasteiger partial charge in [0.05, 0.1) is 17.1 Å². The van der Waals surface area contributed by atoms with Gasteiger partial charge in [0.2, 0.25) is 5.91 Å². The zero-order valence-electron chi connectivity index (χ0n) is 13.3. The Labute approximate surface area is 142 Å². The van der Waals surface area contributed by atoms with E-state index in [0.717, 1.165) is 16.6 Å². The van der Waals surface area contributed by atoms with Crippen LogP contribution in [0.15, 0.2) is 30.3 Å². The Kier molecular flexibility index (Phi) is 4.57. The lowest BCUT2D eigenvalue weighted by Crippen LogP contribution is -2.19. The molecule has 0 unspecified atom stereocenters. The van der Waals surface area contributed by atoms with Crippen LogP contribution in [0.1, 0.15) is 22.2 Å². The third kappa shape index (κ3) is 3.28. The number of para-hydroxylation sites is 1. The van der Waals surface area contributed by atoms with E-state index in [9.17, 15) is 9.59 Å². The van der Waals surface area contributed by atoms with Gasteiger partial charge in [-0.3, -0.25) is 4.79 Å². The first-order valence-corrected chi connectivity index (χ1v) is 8.25. The molecule has 0 aliphatic heterocycles. The van der Waals surface area contributed by atoms with Crippen LogP contribution in [0.5, 0.6) is 0 Å². The highest BCUT2D eigenvalue weighted by molar-refractivity contribution is 7.18. The fraction of sp³-hybridized carbons (Fsp3) is 0.250. The van der Waals surface area contributed by atoms with Crippen molar-refractivity contribution < 1.29 is 14.3 Å². The number of benzene rings is 1. The average Bonchev–Trinajstić information content (AvgIpc) is 3.12. The summed E-state index contributed by atoms with van der Waals surface area (Å²) < 4.78 is 6.54. The maximum atomic E-state index is 12.2. The Balaban J connectivity index is 1.71. The highest BCUT2D eigenvalue weighted by atomic mass is 32.1. The number of hydrogen-bond donors (Lipinski definition) is 1. The molecule has 124 valence electrons. The lowest BCUT2D eigenvalue weighted by atomic mass is 10.3. The standard InChI is InChI=1S/C16H16N4O3S/c1-3-23-16(22)15-10(2)8-14(24-15)17-13(21)9-20-12-7-5-4-6-11(12)18-19-20/h4-8H,3,9H2,1-2H3,(H,17,21). The molecular weight excluding hydrogens is 328 g/mol. The first-order chi connectivity index (χ1) is 11.6. The maximum absolute atomic E-state index is 12.2. The molecule has 0 atom stereocenters. The molecule has 3 aromatic rings. The van der Waals surface area contributed by atoms with E-state index in [-0.39, 0.29) is 18.4 Å². The van der Waals surface area contributed by atoms with E-state index in [4.69, 9.17) is 4.74 Å². The molecule has 0 saturated heterocycles. The average molecular weight is 344 g/mol. The van der Waals surface area contributed by atoms with E-state index < -0.39 is 0 Å². The van der Waals surface area contributed by atoms with Crippen molar-refractivity contribution in [3.8, 4) is 0 Å². The molecule has 0 aliphatic rings. The Morgan fingerprint density at radius 2 is 2.12 bits per heavy atom. The van der Waals surface area contributed by atoms with Crippen LogP contribution in [-0.4, -0.2) is 33.5 Å². The normalized spacial score (nSPS) is 10.8. The predicted octanol–water partition coefficient (Wildman–Crippen LogP) is 2.62. The van der Waals surface area contributed by atoms with E-state index in [2.05, 4.69) is 15.6 Å². The molecule has 2 heterocycles. The monoisotopic (exact) mass is 344 g/mol. The minimum atomic E-state index is -0.372. The minimum absolute atomic E-state index is 0.0478. The van der Waals surface area contributed by atoms with E-state index in [1.54, 1.807) is 13.0 Å². The van der Waals surface area contributed by atoms with Gasteiger partial charge in [-0.2, -0.15) is 0 Å². The molecule has 0 aliphatic carbocycles. The van der Waals surface area contributed by atoms with E-state index in [1.807, 2.05) is 31.2 Å². The van der Waals surface area contributed by atoms with Gasteiger partial charge in [0.1, 0.15) is 16.9 Å². The number of ether oxygens (including phenoxy) is 1. The number of fused-ring (bicyclic) bond motifs is 1. The number of hydrogen-bond acceptors (Lipinski definition) is 6. The molecule has 1 N–H and O–H groups in total. The highest BCUT2D eigenvalue weighted by Gasteiger charge is 2.16.